The molecule has 1 fully saturated rings. The van der Waals surface area contributed by atoms with Gasteiger partial charge in [0.2, 0.25) is 5.95 Å². The number of nitrogens with two attached hydrogens (primary N) is 1. The summed E-state index contributed by atoms with van der Waals surface area (Å²) in [6.07, 6.45) is 3.60. The first-order chi connectivity index (χ1) is 14.4. The molecule has 158 valence electrons. The molecular formula is C19H23N7O3S. The van der Waals surface area contributed by atoms with Crippen molar-refractivity contribution in [3.63, 3.8) is 0 Å². The Morgan fingerprint density at radius 1 is 1.10 bits per heavy atom. The van der Waals surface area contributed by atoms with Gasteiger partial charge in [0.15, 0.2) is 0 Å². The number of piperazine rings is 1. The number of anilines is 1. The fraction of sp³-hybridized carbons (Fsp3) is 0.421. The van der Waals surface area contributed by atoms with E-state index >= 15 is 0 Å². The summed E-state index contributed by atoms with van der Waals surface area (Å²) in [6.45, 7) is 5.01. The van der Waals surface area contributed by atoms with E-state index in [0.717, 1.165) is 28.0 Å². The molecule has 11 heteroatoms. The maximum absolute atomic E-state index is 11.5. The molecule has 0 bridgehead atoms. The molecule has 0 saturated carbocycles. The van der Waals surface area contributed by atoms with E-state index in [2.05, 4.69) is 32.5 Å². The summed E-state index contributed by atoms with van der Waals surface area (Å²) in [4.78, 5) is 15.7. The smallest absolute Gasteiger partial charge is 0.277 e. The molecule has 1 atom stereocenters. The topological polar surface area (TPSA) is 119 Å². The third kappa shape index (κ3) is 3.43. The minimum Gasteiger partial charge on any atom is -0.371 e. The van der Waals surface area contributed by atoms with Crippen molar-refractivity contribution in [2.75, 3.05) is 37.7 Å². The summed E-state index contributed by atoms with van der Waals surface area (Å²) in [5, 5.41) is 5.20. The van der Waals surface area contributed by atoms with Crippen LogP contribution < -0.4 is 10.0 Å². The molecule has 1 saturated heterocycles. The number of benzene rings is 1. The lowest BCUT2D eigenvalue weighted by molar-refractivity contribution is 0.0621. The number of hydrogen-bond acceptors (Lipinski definition) is 7. The molecule has 5 rings (SSSR count). The molecule has 1 aromatic carbocycles. The molecule has 0 amide bonds. The first-order valence-electron chi connectivity index (χ1n) is 9.84. The normalized spacial score (nSPS) is 20.5. The third-order valence-corrected chi connectivity index (χ3v) is 6.73. The Bertz CT molecular complexity index is 1180. The van der Waals surface area contributed by atoms with Crippen LogP contribution >= 0.6 is 0 Å². The van der Waals surface area contributed by atoms with Crippen molar-refractivity contribution in [2.45, 2.75) is 19.6 Å². The van der Waals surface area contributed by atoms with Crippen molar-refractivity contribution >= 4 is 27.2 Å². The van der Waals surface area contributed by atoms with Gasteiger partial charge in [0.1, 0.15) is 12.4 Å². The van der Waals surface area contributed by atoms with Crippen LogP contribution in [0.2, 0.25) is 0 Å². The van der Waals surface area contributed by atoms with E-state index in [1.54, 1.807) is 12.4 Å². The van der Waals surface area contributed by atoms with Crippen LogP contribution in [0.5, 0.6) is 0 Å². The highest BCUT2D eigenvalue weighted by molar-refractivity contribution is 7.86. The van der Waals surface area contributed by atoms with Gasteiger partial charge in [-0.15, -0.1) is 0 Å². The largest absolute Gasteiger partial charge is 0.371 e. The van der Waals surface area contributed by atoms with Crippen molar-refractivity contribution < 1.29 is 13.2 Å². The predicted molar refractivity (Wildman–Crippen MR) is 112 cm³/mol. The number of fused-ring (bicyclic) bond motifs is 3. The molecule has 4 heterocycles. The zero-order valence-corrected chi connectivity index (χ0v) is 17.4. The minimum absolute atomic E-state index is 0.239. The second kappa shape index (κ2) is 7.27. The van der Waals surface area contributed by atoms with Crippen LogP contribution in [0.3, 0.4) is 0 Å². The van der Waals surface area contributed by atoms with Crippen LogP contribution in [0.25, 0.3) is 22.2 Å². The van der Waals surface area contributed by atoms with Gasteiger partial charge < -0.3 is 14.2 Å². The highest BCUT2D eigenvalue weighted by atomic mass is 32.2. The highest BCUT2D eigenvalue weighted by Crippen LogP contribution is 2.29. The zero-order valence-electron chi connectivity index (χ0n) is 16.6. The molecule has 3 aromatic rings. The summed E-state index contributed by atoms with van der Waals surface area (Å²) >= 11 is 0. The summed E-state index contributed by atoms with van der Waals surface area (Å²) in [5.74, 6) is 1.53. The van der Waals surface area contributed by atoms with E-state index in [9.17, 15) is 8.42 Å². The Morgan fingerprint density at radius 2 is 1.83 bits per heavy atom. The second-order valence-electron chi connectivity index (χ2n) is 7.67. The molecule has 10 nitrogen and oxygen atoms in total. The molecule has 0 unspecified atom stereocenters. The van der Waals surface area contributed by atoms with Crippen LogP contribution in [-0.2, 0) is 21.6 Å². The molecule has 2 aliphatic rings. The van der Waals surface area contributed by atoms with Gasteiger partial charge in [0, 0.05) is 44.1 Å². The fourth-order valence-electron chi connectivity index (χ4n) is 4.09. The van der Waals surface area contributed by atoms with Gasteiger partial charge in [-0.1, -0.05) is 6.07 Å². The molecule has 0 radical (unpaired) electrons. The first-order valence-corrected chi connectivity index (χ1v) is 11.3. The number of aromatic nitrogens is 4. The first kappa shape index (κ1) is 19.4. The van der Waals surface area contributed by atoms with E-state index in [0.29, 0.717) is 45.3 Å². The number of hydrogen-bond donors (Lipinski definition) is 1. The van der Waals surface area contributed by atoms with Crippen molar-refractivity contribution in [1.29, 1.82) is 0 Å². The van der Waals surface area contributed by atoms with Gasteiger partial charge in [-0.3, -0.25) is 0 Å². The van der Waals surface area contributed by atoms with Gasteiger partial charge in [0.25, 0.3) is 10.2 Å². The lowest BCUT2D eigenvalue weighted by Crippen LogP contribution is -2.51. The summed E-state index contributed by atoms with van der Waals surface area (Å²) in [7, 11) is -3.65. The molecule has 2 N–H and O–H groups in total. The highest BCUT2D eigenvalue weighted by Gasteiger charge is 2.25. The van der Waals surface area contributed by atoms with Gasteiger partial charge in [-0.2, -0.15) is 12.7 Å². The average molecular weight is 430 g/mol. The van der Waals surface area contributed by atoms with Crippen LogP contribution in [0.4, 0.5) is 5.95 Å². The van der Waals surface area contributed by atoms with Gasteiger partial charge in [-0.05, 0) is 24.6 Å². The second-order valence-corrected chi connectivity index (χ2v) is 9.21. The Kier molecular flexibility index (Phi) is 4.69. The molecule has 2 aromatic heterocycles. The monoisotopic (exact) mass is 429 g/mol. The van der Waals surface area contributed by atoms with Crippen molar-refractivity contribution in [3.8, 4) is 11.1 Å². The average Bonchev–Trinajstić information content (AvgIpc) is 3.12. The Labute approximate surface area is 174 Å². The van der Waals surface area contributed by atoms with Gasteiger partial charge in [-0.25, -0.2) is 20.1 Å². The SMILES string of the molecule is C[C@H]1COCc2nc3ccc(-c4cnc(N5CCN(S(N)(=O)=O)CC5)nc4)cc3n21. The molecule has 0 spiro atoms. The van der Waals surface area contributed by atoms with Crippen LogP contribution in [0.1, 0.15) is 18.8 Å². The quantitative estimate of drug-likeness (QED) is 0.657. The fourth-order valence-corrected chi connectivity index (χ4v) is 4.76. The number of ether oxygens (including phenoxy) is 1. The summed E-state index contributed by atoms with van der Waals surface area (Å²) in [6, 6.07) is 6.40. The maximum Gasteiger partial charge on any atom is 0.277 e. The van der Waals surface area contributed by atoms with E-state index in [-0.39, 0.29) is 6.04 Å². The van der Waals surface area contributed by atoms with Crippen molar-refractivity contribution in [2.24, 2.45) is 5.14 Å². The molecule has 0 aliphatic carbocycles. The van der Waals surface area contributed by atoms with E-state index in [1.165, 1.54) is 4.31 Å². The van der Waals surface area contributed by atoms with Crippen LogP contribution in [0.15, 0.2) is 30.6 Å². The van der Waals surface area contributed by atoms with Gasteiger partial charge >= 0.3 is 0 Å². The van der Waals surface area contributed by atoms with E-state index in [1.807, 2.05) is 17.0 Å². The third-order valence-electron chi connectivity index (χ3n) is 5.65. The Hall–Kier alpha value is -2.60. The lowest BCUT2D eigenvalue weighted by Gasteiger charge is -2.32. The molecule has 2 aliphatic heterocycles. The summed E-state index contributed by atoms with van der Waals surface area (Å²) in [5.41, 5.74) is 3.98. The van der Waals surface area contributed by atoms with Crippen molar-refractivity contribution in [3.05, 3.63) is 36.4 Å². The Morgan fingerprint density at radius 3 is 2.53 bits per heavy atom. The standard InChI is InChI=1S/C19H23N7O3S/c1-13-11-29-12-18-23-16-3-2-14(8-17(16)26(13)18)15-9-21-19(22-10-15)24-4-6-25(7-5-24)30(20,27)28/h2-3,8-10,13H,4-7,11-12H2,1H3,(H2,20,27,28)/t13-/m0/s1. The van der Waals surface area contributed by atoms with E-state index in [4.69, 9.17) is 9.88 Å². The lowest BCUT2D eigenvalue weighted by atomic mass is 10.1. The molecular weight excluding hydrogens is 406 g/mol. The predicted octanol–water partition coefficient (Wildman–Crippen LogP) is 0.910. The van der Waals surface area contributed by atoms with Crippen LogP contribution in [0, 0.1) is 0 Å². The number of nitrogens with zero attached hydrogens (tertiary/aromatic N) is 6. The number of imidazole rings is 1. The van der Waals surface area contributed by atoms with E-state index < -0.39 is 10.2 Å². The minimum atomic E-state index is -3.65. The Balaban J connectivity index is 1.38. The van der Waals surface area contributed by atoms with Gasteiger partial charge in [0.05, 0.1) is 23.7 Å². The number of rotatable bonds is 3. The maximum atomic E-state index is 11.5. The molecule has 30 heavy (non-hydrogen) atoms. The zero-order chi connectivity index (χ0) is 20.9. The van der Waals surface area contributed by atoms with Crippen LogP contribution in [-0.4, -0.2) is 65.0 Å². The van der Waals surface area contributed by atoms with Crippen molar-refractivity contribution in [1.82, 2.24) is 23.8 Å². The summed E-state index contributed by atoms with van der Waals surface area (Å²) < 4.78 is 32.0.